The van der Waals surface area contributed by atoms with Crippen LogP contribution in [0.2, 0.25) is 0 Å². The molecule has 0 spiro atoms. The number of nitro groups is 1. The number of carbonyl (C=O) groups excluding carboxylic acids is 2. The van der Waals surface area contributed by atoms with Crippen molar-refractivity contribution in [3.05, 3.63) is 63.5 Å². The summed E-state index contributed by atoms with van der Waals surface area (Å²) in [5, 5.41) is 16.4. The summed E-state index contributed by atoms with van der Waals surface area (Å²) in [6.45, 7) is 5.63. The van der Waals surface area contributed by atoms with Crippen molar-refractivity contribution >= 4 is 23.2 Å². The van der Waals surface area contributed by atoms with Gasteiger partial charge in [0, 0.05) is 37.9 Å². The van der Waals surface area contributed by atoms with Crippen LogP contribution in [0.1, 0.15) is 29.7 Å². The summed E-state index contributed by atoms with van der Waals surface area (Å²) in [4.78, 5) is 41.9. The van der Waals surface area contributed by atoms with Crippen LogP contribution < -0.4 is 10.6 Å². The van der Waals surface area contributed by atoms with Crippen LogP contribution in [0.3, 0.4) is 0 Å². The molecule has 0 unspecified atom stereocenters. The van der Waals surface area contributed by atoms with E-state index in [4.69, 9.17) is 0 Å². The van der Waals surface area contributed by atoms with Crippen molar-refractivity contribution in [1.82, 2.24) is 15.2 Å². The maximum Gasteiger partial charge on any atom is 0.313 e. The van der Waals surface area contributed by atoms with Crippen molar-refractivity contribution in [2.75, 3.05) is 18.4 Å². The molecular weight excluding hydrogens is 386 g/mol. The Bertz CT molecular complexity index is 940. The van der Waals surface area contributed by atoms with E-state index in [1.165, 1.54) is 6.07 Å². The number of anilines is 1. The number of likely N-dealkylation sites (tertiary alicyclic amines) is 1. The average molecular weight is 411 g/mol. The summed E-state index contributed by atoms with van der Waals surface area (Å²) in [5.74, 6) is -1.55. The van der Waals surface area contributed by atoms with Crippen molar-refractivity contribution in [3.63, 3.8) is 0 Å². The Balaban J connectivity index is 1.53. The van der Waals surface area contributed by atoms with E-state index in [1.807, 2.05) is 18.2 Å². The second-order valence-corrected chi connectivity index (χ2v) is 7.46. The molecule has 1 aliphatic heterocycles. The van der Waals surface area contributed by atoms with Gasteiger partial charge in [0.05, 0.1) is 21.9 Å². The Labute approximate surface area is 174 Å². The van der Waals surface area contributed by atoms with Crippen molar-refractivity contribution in [2.45, 2.75) is 39.3 Å². The summed E-state index contributed by atoms with van der Waals surface area (Å²) < 4.78 is 0. The number of carbonyl (C=O) groups is 2. The molecule has 0 atom stereocenters. The third kappa shape index (κ3) is 5.18. The molecule has 1 aliphatic rings. The van der Waals surface area contributed by atoms with Gasteiger partial charge in [-0.1, -0.05) is 12.1 Å². The van der Waals surface area contributed by atoms with E-state index < -0.39 is 16.7 Å². The van der Waals surface area contributed by atoms with E-state index in [0.717, 1.165) is 38.2 Å². The number of aryl methyl sites for hydroxylation is 1. The van der Waals surface area contributed by atoms with Gasteiger partial charge in [0.1, 0.15) is 0 Å². The number of piperidine rings is 1. The topological polar surface area (TPSA) is 117 Å². The zero-order chi connectivity index (χ0) is 21.7. The maximum atomic E-state index is 12.4. The lowest BCUT2D eigenvalue weighted by Crippen LogP contribution is -2.47. The highest BCUT2D eigenvalue weighted by Crippen LogP contribution is 2.28. The first-order chi connectivity index (χ1) is 14.3. The number of nitrogens with one attached hydrogen (secondary N) is 2. The van der Waals surface area contributed by atoms with Crippen LogP contribution in [-0.2, 0) is 16.1 Å². The fraction of sp³-hybridized carbons (Fsp3) is 0.381. The molecule has 3 rings (SSSR count). The van der Waals surface area contributed by atoms with E-state index in [1.54, 1.807) is 26.1 Å². The number of nitro benzene ring substituents is 1. The largest absolute Gasteiger partial charge is 0.345 e. The normalized spacial score (nSPS) is 14.9. The maximum absolute atomic E-state index is 12.4. The number of pyridine rings is 1. The van der Waals surface area contributed by atoms with E-state index in [0.29, 0.717) is 16.8 Å². The first-order valence-corrected chi connectivity index (χ1v) is 9.84. The quantitative estimate of drug-likeness (QED) is 0.443. The number of nitrogens with zero attached hydrogens (tertiary/aromatic N) is 3. The van der Waals surface area contributed by atoms with Gasteiger partial charge < -0.3 is 10.6 Å². The highest BCUT2D eigenvalue weighted by atomic mass is 16.6. The van der Waals surface area contributed by atoms with Crippen LogP contribution in [0.4, 0.5) is 11.4 Å². The lowest BCUT2D eigenvalue weighted by atomic mass is 10.0. The number of rotatable bonds is 5. The van der Waals surface area contributed by atoms with Crippen molar-refractivity contribution in [1.29, 1.82) is 0 Å². The number of aromatic nitrogens is 1. The SMILES string of the molecule is Cc1ccc([N+](=O)[O-])c(C)c1NC(=O)C(=O)NC1CCN(Cc2ccccn2)CC1. The van der Waals surface area contributed by atoms with Crippen molar-refractivity contribution < 1.29 is 14.5 Å². The molecule has 0 saturated carbocycles. The molecule has 1 aromatic carbocycles. The molecule has 1 aromatic heterocycles. The summed E-state index contributed by atoms with van der Waals surface area (Å²) in [6.07, 6.45) is 3.24. The van der Waals surface area contributed by atoms with Gasteiger partial charge >= 0.3 is 11.8 Å². The van der Waals surface area contributed by atoms with Crippen molar-refractivity contribution in [3.8, 4) is 0 Å². The van der Waals surface area contributed by atoms with Crippen molar-refractivity contribution in [2.24, 2.45) is 0 Å². The molecule has 2 aromatic rings. The van der Waals surface area contributed by atoms with Gasteiger partial charge in [0.2, 0.25) is 0 Å². The van der Waals surface area contributed by atoms with Crippen LogP contribution in [-0.4, -0.2) is 45.8 Å². The van der Waals surface area contributed by atoms with Crippen LogP contribution in [0, 0.1) is 24.0 Å². The number of benzene rings is 1. The third-order valence-corrected chi connectivity index (χ3v) is 5.32. The summed E-state index contributed by atoms with van der Waals surface area (Å²) in [7, 11) is 0. The zero-order valence-electron chi connectivity index (χ0n) is 17.1. The molecule has 2 heterocycles. The molecule has 0 aliphatic carbocycles. The van der Waals surface area contributed by atoms with Gasteiger partial charge in [-0.15, -0.1) is 0 Å². The molecule has 30 heavy (non-hydrogen) atoms. The molecule has 1 saturated heterocycles. The van der Waals surface area contributed by atoms with Gasteiger partial charge in [-0.2, -0.15) is 0 Å². The molecule has 2 amide bonds. The predicted octanol–water partition coefficient (Wildman–Crippen LogP) is 2.33. The Morgan fingerprint density at radius 1 is 1.17 bits per heavy atom. The highest BCUT2D eigenvalue weighted by Gasteiger charge is 2.25. The minimum absolute atomic E-state index is 0.0875. The lowest BCUT2D eigenvalue weighted by molar-refractivity contribution is -0.385. The molecule has 9 heteroatoms. The monoisotopic (exact) mass is 411 g/mol. The smallest absolute Gasteiger partial charge is 0.313 e. The molecule has 158 valence electrons. The third-order valence-electron chi connectivity index (χ3n) is 5.32. The molecular formula is C21H25N5O4. The fourth-order valence-corrected chi connectivity index (χ4v) is 3.60. The highest BCUT2D eigenvalue weighted by molar-refractivity contribution is 6.39. The predicted molar refractivity (Wildman–Crippen MR) is 112 cm³/mol. The summed E-state index contributed by atoms with van der Waals surface area (Å²) in [6, 6.07) is 8.67. The Morgan fingerprint density at radius 2 is 1.90 bits per heavy atom. The summed E-state index contributed by atoms with van der Waals surface area (Å²) >= 11 is 0. The Morgan fingerprint density at radius 3 is 2.53 bits per heavy atom. The van der Waals surface area contributed by atoms with Crippen LogP contribution >= 0.6 is 0 Å². The van der Waals surface area contributed by atoms with Gasteiger partial charge in [0.25, 0.3) is 5.69 Å². The molecule has 0 bridgehead atoms. The summed E-state index contributed by atoms with van der Waals surface area (Å²) in [5.41, 5.74) is 2.18. The number of hydrogen-bond donors (Lipinski definition) is 2. The first-order valence-electron chi connectivity index (χ1n) is 9.84. The Kier molecular flexibility index (Phi) is 6.73. The Hall–Kier alpha value is -3.33. The van der Waals surface area contributed by atoms with E-state index in [-0.39, 0.29) is 11.7 Å². The van der Waals surface area contributed by atoms with Gasteiger partial charge in [-0.3, -0.25) is 29.6 Å². The second-order valence-electron chi connectivity index (χ2n) is 7.46. The molecule has 2 N–H and O–H groups in total. The van der Waals surface area contributed by atoms with E-state index in [2.05, 4.69) is 20.5 Å². The second kappa shape index (κ2) is 9.45. The molecule has 0 radical (unpaired) electrons. The molecule has 9 nitrogen and oxygen atoms in total. The zero-order valence-corrected chi connectivity index (χ0v) is 17.1. The minimum Gasteiger partial charge on any atom is -0.345 e. The van der Waals surface area contributed by atoms with Crippen LogP contribution in [0.15, 0.2) is 36.5 Å². The van der Waals surface area contributed by atoms with Crippen LogP contribution in [0.25, 0.3) is 0 Å². The standard InChI is InChI=1S/C21H25N5O4/c1-14-6-7-18(26(29)30)15(2)19(14)24-21(28)20(27)23-16-8-11-25(12-9-16)13-17-5-3-4-10-22-17/h3-7,10,16H,8-9,11-13H2,1-2H3,(H,23,27)(H,24,28). The minimum atomic E-state index is -0.822. The van der Waals surface area contributed by atoms with E-state index >= 15 is 0 Å². The lowest BCUT2D eigenvalue weighted by Gasteiger charge is -2.31. The van der Waals surface area contributed by atoms with Crippen LogP contribution in [0.5, 0.6) is 0 Å². The number of hydrogen-bond acceptors (Lipinski definition) is 6. The van der Waals surface area contributed by atoms with Gasteiger partial charge in [0.15, 0.2) is 0 Å². The van der Waals surface area contributed by atoms with E-state index in [9.17, 15) is 19.7 Å². The van der Waals surface area contributed by atoms with Gasteiger partial charge in [-0.05, 0) is 44.4 Å². The first kappa shape index (κ1) is 21.4. The number of amides is 2. The molecule has 1 fully saturated rings. The average Bonchev–Trinajstić information content (AvgIpc) is 2.72. The fourth-order valence-electron chi connectivity index (χ4n) is 3.60. The van der Waals surface area contributed by atoms with Gasteiger partial charge in [-0.25, -0.2) is 0 Å².